The van der Waals surface area contributed by atoms with Crippen LogP contribution in [0.1, 0.15) is 28.0 Å². The Bertz CT molecular complexity index is 699. The summed E-state index contributed by atoms with van der Waals surface area (Å²) in [4.78, 5) is 16.3. The molecule has 4 nitrogen and oxygen atoms in total. The Balaban J connectivity index is 2.14. The summed E-state index contributed by atoms with van der Waals surface area (Å²) in [5.74, 6) is 5.59. The molecule has 1 aromatic carbocycles. The Labute approximate surface area is 123 Å². The van der Waals surface area contributed by atoms with E-state index in [0.717, 1.165) is 5.56 Å². The third-order valence-electron chi connectivity index (χ3n) is 2.84. The minimum Gasteiger partial charge on any atom is -0.395 e. The molecule has 0 fully saturated rings. The number of pyridine rings is 1. The first-order chi connectivity index (χ1) is 10.2. The standard InChI is InChI=1S/C17H16N2O2/c1-13-16(9-5-10-18-13)17(21)19-15-8-4-7-14(12-15)6-2-3-11-20/h4-5,7-10,12,20H,3,11H2,1H3,(H,19,21). The Morgan fingerprint density at radius 3 is 2.95 bits per heavy atom. The van der Waals surface area contributed by atoms with Crippen molar-refractivity contribution < 1.29 is 9.90 Å². The molecule has 0 aliphatic carbocycles. The number of anilines is 1. The van der Waals surface area contributed by atoms with Crippen LogP contribution >= 0.6 is 0 Å². The van der Waals surface area contributed by atoms with Crippen LogP contribution < -0.4 is 5.32 Å². The Hall–Kier alpha value is -2.64. The number of hydrogen-bond donors (Lipinski definition) is 2. The SMILES string of the molecule is Cc1ncccc1C(=O)Nc1cccc(C#CCCO)c1. The van der Waals surface area contributed by atoms with Gasteiger partial charge in [0.05, 0.1) is 12.2 Å². The summed E-state index contributed by atoms with van der Waals surface area (Å²) in [7, 11) is 0. The van der Waals surface area contributed by atoms with Gasteiger partial charge in [0.25, 0.3) is 5.91 Å². The molecule has 106 valence electrons. The summed E-state index contributed by atoms with van der Waals surface area (Å²) in [6.45, 7) is 1.84. The maximum absolute atomic E-state index is 12.2. The van der Waals surface area contributed by atoms with Gasteiger partial charge < -0.3 is 10.4 Å². The molecule has 0 unspecified atom stereocenters. The first-order valence-corrected chi connectivity index (χ1v) is 6.63. The van der Waals surface area contributed by atoms with Gasteiger partial charge in [-0.25, -0.2) is 0 Å². The lowest BCUT2D eigenvalue weighted by molar-refractivity contribution is 0.102. The number of amides is 1. The molecule has 2 aromatic rings. The molecule has 0 spiro atoms. The molecule has 0 saturated heterocycles. The number of carbonyl (C=O) groups is 1. The average Bonchev–Trinajstić information content (AvgIpc) is 2.48. The molecule has 1 amide bonds. The molecule has 2 N–H and O–H groups in total. The number of hydrogen-bond acceptors (Lipinski definition) is 3. The van der Waals surface area contributed by atoms with E-state index in [0.29, 0.717) is 23.4 Å². The minimum absolute atomic E-state index is 0.0453. The molecule has 0 aliphatic rings. The van der Waals surface area contributed by atoms with E-state index in [4.69, 9.17) is 5.11 Å². The predicted octanol–water partition coefficient (Wildman–Crippen LogP) is 2.38. The van der Waals surface area contributed by atoms with E-state index >= 15 is 0 Å². The Kier molecular flexibility index (Phi) is 5.08. The summed E-state index contributed by atoms with van der Waals surface area (Å²) >= 11 is 0. The first kappa shape index (κ1) is 14.8. The van der Waals surface area contributed by atoms with E-state index in [1.54, 1.807) is 37.4 Å². The largest absolute Gasteiger partial charge is 0.395 e. The van der Waals surface area contributed by atoms with Crippen LogP contribution in [0, 0.1) is 18.8 Å². The number of benzene rings is 1. The zero-order valence-corrected chi connectivity index (χ0v) is 11.8. The molecule has 0 radical (unpaired) electrons. The minimum atomic E-state index is -0.193. The Morgan fingerprint density at radius 2 is 2.19 bits per heavy atom. The zero-order chi connectivity index (χ0) is 15.1. The lowest BCUT2D eigenvalue weighted by Gasteiger charge is -2.07. The number of nitrogens with zero attached hydrogens (tertiary/aromatic N) is 1. The second kappa shape index (κ2) is 7.22. The highest BCUT2D eigenvalue weighted by atomic mass is 16.2. The molecule has 0 saturated carbocycles. The van der Waals surface area contributed by atoms with Crippen LogP contribution in [0.4, 0.5) is 5.69 Å². The van der Waals surface area contributed by atoms with Crippen LogP contribution in [0.2, 0.25) is 0 Å². The van der Waals surface area contributed by atoms with Gasteiger partial charge in [-0.2, -0.15) is 0 Å². The summed E-state index contributed by atoms with van der Waals surface area (Å²) in [5.41, 5.74) is 2.71. The lowest BCUT2D eigenvalue weighted by atomic mass is 10.1. The first-order valence-electron chi connectivity index (χ1n) is 6.63. The number of aliphatic hydroxyl groups is 1. The van der Waals surface area contributed by atoms with E-state index < -0.39 is 0 Å². The summed E-state index contributed by atoms with van der Waals surface area (Å²) in [5, 5.41) is 11.5. The second-order valence-corrected chi connectivity index (χ2v) is 4.45. The second-order valence-electron chi connectivity index (χ2n) is 4.45. The molecule has 1 aromatic heterocycles. The molecule has 0 atom stereocenters. The normalized spacial score (nSPS) is 9.62. The van der Waals surface area contributed by atoms with Crippen LogP contribution in [-0.4, -0.2) is 22.6 Å². The van der Waals surface area contributed by atoms with Gasteiger partial charge in [0, 0.05) is 29.6 Å². The molecule has 1 heterocycles. The molecular weight excluding hydrogens is 264 g/mol. The van der Waals surface area contributed by atoms with E-state index in [9.17, 15) is 4.79 Å². The van der Waals surface area contributed by atoms with Gasteiger partial charge >= 0.3 is 0 Å². The van der Waals surface area contributed by atoms with E-state index in [1.807, 2.05) is 12.1 Å². The highest BCUT2D eigenvalue weighted by Crippen LogP contribution is 2.12. The molecule has 2 rings (SSSR count). The van der Waals surface area contributed by atoms with E-state index in [2.05, 4.69) is 22.1 Å². The van der Waals surface area contributed by atoms with Crippen molar-refractivity contribution in [2.24, 2.45) is 0 Å². The molecule has 4 heteroatoms. The lowest BCUT2D eigenvalue weighted by Crippen LogP contribution is -2.13. The highest BCUT2D eigenvalue weighted by molar-refractivity contribution is 6.05. The summed E-state index contributed by atoms with van der Waals surface area (Å²) in [6.07, 6.45) is 2.09. The summed E-state index contributed by atoms with van der Waals surface area (Å²) in [6, 6.07) is 10.8. The maximum Gasteiger partial charge on any atom is 0.257 e. The van der Waals surface area contributed by atoms with Crippen molar-refractivity contribution in [3.05, 3.63) is 59.4 Å². The third kappa shape index (κ3) is 4.16. The van der Waals surface area contributed by atoms with Crippen molar-refractivity contribution >= 4 is 11.6 Å². The van der Waals surface area contributed by atoms with Gasteiger partial charge in [-0.15, -0.1) is 0 Å². The number of nitrogens with one attached hydrogen (secondary N) is 1. The number of carbonyl (C=O) groups excluding carboxylic acids is 1. The van der Waals surface area contributed by atoms with E-state index in [-0.39, 0.29) is 12.5 Å². The number of aliphatic hydroxyl groups excluding tert-OH is 1. The number of aryl methyl sites for hydroxylation is 1. The number of rotatable bonds is 3. The average molecular weight is 280 g/mol. The summed E-state index contributed by atoms with van der Waals surface area (Å²) < 4.78 is 0. The predicted molar refractivity (Wildman–Crippen MR) is 82.0 cm³/mol. The van der Waals surface area contributed by atoms with Crippen LogP contribution in [0.15, 0.2) is 42.6 Å². The van der Waals surface area contributed by atoms with Gasteiger partial charge in [-0.05, 0) is 37.3 Å². The Morgan fingerprint density at radius 1 is 1.33 bits per heavy atom. The molecule has 21 heavy (non-hydrogen) atoms. The van der Waals surface area contributed by atoms with Crippen molar-refractivity contribution in [3.8, 4) is 11.8 Å². The van der Waals surface area contributed by atoms with Gasteiger partial charge in [0.2, 0.25) is 0 Å². The fraction of sp³-hybridized carbons (Fsp3) is 0.176. The fourth-order valence-electron chi connectivity index (χ4n) is 1.82. The number of aromatic nitrogens is 1. The van der Waals surface area contributed by atoms with Crippen LogP contribution in [0.25, 0.3) is 0 Å². The highest BCUT2D eigenvalue weighted by Gasteiger charge is 2.09. The third-order valence-corrected chi connectivity index (χ3v) is 2.84. The van der Waals surface area contributed by atoms with Crippen LogP contribution in [-0.2, 0) is 0 Å². The van der Waals surface area contributed by atoms with Crippen molar-refractivity contribution in [1.82, 2.24) is 4.98 Å². The fourth-order valence-corrected chi connectivity index (χ4v) is 1.82. The van der Waals surface area contributed by atoms with Gasteiger partial charge in [0.1, 0.15) is 0 Å². The van der Waals surface area contributed by atoms with Crippen LogP contribution in [0.5, 0.6) is 0 Å². The van der Waals surface area contributed by atoms with Gasteiger partial charge in [-0.1, -0.05) is 17.9 Å². The zero-order valence-electron chi connectivity index (χ0n) is 11.8. The molecule has 0 bridgehead atoms. The van der Waals surface area contributed by atoms with E-state index in [1.165, 1.54) is 0 Å². The monoisotopic (exact) mass is 280 g/mol. The van der Waals surface area contributed by atoms with Crippen molar-refractivity contribution in [2.75, 3.05) is 11.9 Å². The van der Waals surface area contributed by atoms with Crippen molar-refractivity contribution in [1.29, 1.82) is 0 Å². The van der Waals surface area contributed by atoms with Crippen LogP contribution in [0.3, 0.4) is 0 Å². The van der Waals surface area contributed by atoms with Gasteiger partial charge in [-0.3, -0.25) is 9.78 Å². The van der Waals surface area contributed by atoms with Crippen molar-refractivity contribution in [3.63, 3.8) is 0 Å². The molecular formula is C17H16N2O2. The topological polar surface area (TPSA) is 62.2 Å². The quantitative estimate of drug-likeness (QED) is 0.849. The van der Waals surface area contributed by atoms with Crippen molar-refractivity contribution in [2.45, 2.75) is 13.3 Å². The van der Waals surface area contributed by atoms with Gasteiger partial charge in [0.15, 0.2) is 0 Å². The molecule has 0 aliphatic heterocycles. The maximum atomic E-state index is 12.2. The smallest absolute Gasteiger partial charge is 0.257 e.